The summed E-state index contributed by atoms with van der Waals surface area (Å²) >= 11 is 0. The van der Waals surface area contributed by atoms with Gasteiger partial charge in [0.25, 0.3) is 0 Å². The topological polar surface area (TPSA) is 78.8 Å². The summed E-state index contributed by atoms with van der Waals surface area (Å²) in [5, 5.41) is 23.3. The lowest BCUT2D eigenvalue weighted by atomic mass is 9.85. The van der Waals surface area contributed by atoms with E-state index in [-0.39, 0.29) is 6.04 Å². The molecule has 0 unspecified atom stereocenters. The molecule has 0 radical (unpaired) electrons. The van der Waals surface area contributed by atoms with E-state index in [2.05, 4.69) is 5.32 Å². The van der Waals surface area contributed by atoms with Crippen molar-refractivity contribution in [2.45, 2.75) is 44.8 Å². The molecule has 5 heteroatoms. The van der Waals surface area contributed by atoms with Crippen LogP contribution in [0.2, 0.25) is 0 Å². The summed E-state index contributed by atoms with van der Waals surface area (Å²) in [5.74, 6) is -0.0147. The molecule has 22 heavy (non-hydrogen) atoms. The Labute approximate surface area is 130 Å². The Morgan fingerprint density at radius 3 is 2.82 bits per heavy atom. The van der Waals surface area contributed by atoms with Crippen LogP contribution >= 0.6 is 0 Å². The van der Waals surface area contributed by atoms with Crippen LogP contribution in [0.1, 0.15) is 42.9 Å². The van der Waals surface area contributed by atoms with E-state index in [4.69, 9.17) is 4.74 Å². The summed E-state index contributed by atoms with van der Waals surface area (Å²) in [4.78, 5) is 11.6. The molecule has 3 rings (SSSR count). The van der Waals surface area contributed by atoms with Crippen LogP contribution < -0.4 is 10.1 Å². The highest BCUT2D eigenvalue weighted by Crippen LogP contribution is 2.39. The van der Waals surface area contributed by atoms with Crippen LogP contribution in [0.5, 0.6) is 5.75 Å². The van der Waals surface area contributed by atoms with Gasteiger partial charge >= 0.3 is 5.97 Å². The first-order valence-electron chi connectivity index (χ1n) is 7.90. The number of hydrogen-bond acceptors (Lipinski definition) is 4. The number of ether oxygens (including phenoxy) is 1. The van der Waals surface area contributed by atoms with Crippen LogP contribution in [0.3, 0.4) is 0 Å². The molecule has 0 aromatic heterocycles. The van der Waals surface area contributed by atoms with Gasteiger partial charge in [-0.3, -0.25) is 4.79 Å². The highest BCUT2D eigenvalue weighted by Gasteiger charge is 2.42. The maximum Gasteiger partial charge on any atom is 0.310 e. The van der Waals surface area contributed by atoms with Crippen LogP contribution in [-0.2, 0) is 4.79 Å². The minimum atomic E-state index is -0.736. The van der Waals surface area contributed by atoms with E-state index < -0.39 is 17.5 Å². The van der Waals surface area contributed by atoms with Crippen molar-refractivity contribution >= 4 is 5.97 Å². The molecule has 1 aromatic carbocycles. The van der Waals surface area contributed by atoms with Crippen molar-refractivity contribution in [2.75, 3.05) is 13.2 Å². The number of rotatable bonds is 4. The van der Waals surface area contributed by atoms with Gasteiger partial charge in [0.05, 0.1) is 11.5 Å². The van der Waals surface area contributed by atoms with Gasteiger partial charge in [-0.25, -0.2) is 0 Å². The van der Waals surface area contributed by atoms with Crippen LogP contribution in [0.25, 0.3) is 0 Å². The van der Waals surface area contributed by atoms with E-state index in [0.29, 0.717) is 26.0 Å². The number of nitrogens with one attached hydrogen (secondary N) is 1. The fourth-order valence-corrected chi connectivity index (χ4v) is 3.51. The summed E-state index contributed by atoms with van der Waals surface area (Å²) in [6.07, 6.45) is 2.65. The number of aliphatic hydroxyl groups is 1. The number of fused-ring (bicyclic) bond motifs is 1. The molecule has 5 nitrogen and oxygen atoms in total. The molecular weight excluding hydrogens is 282 g/mol. The number of carbonyl (C=O) groups is 1. The predicted molar refractivity (Wildman–Crippen MR) is 82.0 cm³/mol. The number of carboxylic acids is 1. The van der Waals surface area contributed by atoms with Crippen LogP contribution in [0, 0.1) is 12.3 Å². The van der Waals surface area contributed by atoms with Crippen molar-refractivity contribution in [2.24, 2.45) is 5.41 Å². The van der Waals surface area contributed by atoms with Crippen molar-refractivity contribution in [3.63, 3.8) is 0 Å². The summed E-state index contributed by atoms with van der Waals surface area (Å²) in [5.41, 5.74) is 1.17. The van der Waals surface area contributed by atoms with Gasteiger partial charge < -0.3 is 20.3 Å². The standard InChI is InChI=1S/C17H23NO4/c1-11-4-5-12-14(8-11)22-9-13(15(12)19)18-10-17(16(20)21)6-2-3-7-17/h4-5,8,13,15,18-19H,2-3,6-7,9-10H2,1H3,(H,20,21)/t13-,15+/m0/s1. The van der Waals surface area contributed by atoms with Gasteiger partial charge in [-0.05, 0) is 31.4 Å². The Hall–Kier alpha value is -1.59. The lowest BCUT2D eigenvalue weighted by molar-refractivity contribution is -0.148. The van der Waals surface area contributed by atoms with Crippen molar-refractivity contribution in [3.05, 3.63) is 29.3 Å². The number of benzene rings is 1. The molecule has 0 bridgehead atoms. The van der Waals surface area contributed by atoms with Crippen LogP contribution in [0.4, 0.5) is 0 Å². The third kappa shape index (κ3) is 2.71. The molecule has 1 aliphatic heterocycles. The van der Waals surface area contributed by atoms with Gasteiger partial charge in [0.15, 0.2) is 0 Å². The number of carboxylic acid groups (broad SMARTS) is 1. The molecule has 1 fully saturated rings. The van der Waals surface area contributed by atoms with E-state index in [0.717, 1.165) is 29.7 Å². The SMILES string of the molecule is Cc1ccc2c(c1)OC[C@H](NCC1(C(=O)O)CCCC1)[C@@H]2O. The molecule has 1 aromatic rings. The van der Waals surface area contributed by atoms with Crippen LogP contribution in [-0.4, -0.2) is 35.4 Å². The molecule has 1 heterocycles. The zero-order chi connectivity index (χ0) is 15.7. The number of aliphatic hydroxyl groups excluding tert-OH is 1. The molecule has 0 saturated heterocycles. The molecular formula is C17H23NO4. The summed E-state index contributed by atoms with van der Waals surface area (Å²) in [7, 11) is 0. The maximum atomic E-state index is 11.6. The van der Waals surface area contributed by atoms with E-state index in [1.165, 1.54) is 0 Å². The van der Waals surface area contributed by atoms with Gasteiger partial charge in [-0.15, -0.1) is 0 Å². The zero-order valence-electron chi connectivity index (χ0n) is 12.8. The Balaban J connectivity index is 1.69. The Kier molecular flexibility index (Phi) is 4.10. The lowest BCUT2D eigenvalue weighted by Crippen LogP contribution is -2.48. The third-order valence-corrected chi connectivity index (χ3v) is 5.00. The van der Waals surface area contributed by atoms with E-state index in [1.807, 2.05) is 25.1 Å². The van der Waals surface area contributed by atoms with Gasteiger partial charge in [0, 0.05) is 12.1 Å². The fourth-order valence-electron chi connectivity index (χ4n) is 3.51. The molecule has 0 amide bonds. The predicted octanol–water partition coefficient (Wildman–Crippen LogP) is 2.02. The highest BCUT2D eigenvalue weighted by molar-refractivity contribution is 5.75. The van der Waals surface area contributed by atoms with Gasteiger partial charge in [-0.2, -0.15) is 0 Å². The molecule has 2 atom stereocenters. The summed E-state index contributed by atoms with van der Waals surface area (Å²) < 4.78 is 5.73. The monoisotopic (exact) mass is 305 g/mol. The van der Waals surface area contributed by atoms with Crippen molar-refractivity contribution in [1.29, 1.82) is 0 Å². The minimum Gasteiger partial charge on any atom is -0.491 e. The van der Waals surface area contributed by atoms with Crippen molar-refractivity contribution in [3.8, 4) is 5.75 Å². The fraction of sp³-hybridized carbons (Fsp3) is 0.588. The molecule has 0 spiro atoms. The molecule has 120 valence electrons. The number of aryl methyl sites for hydroxylation is 1. The normalized spacial score (nSPS) is 26.3. The Bertz CT molecular complexity index is 566. The first-order chi connectivity index (χ1) is 10.5. The first kappa shape index (κ1) is 15.3. The smallest absolute Gasteiger partial charge is 0.310 e. The number of hydrogen-bond donors (Lipinski definition) is 3. The lowest BCUT2D eigenvalue weighted by Gasteiger charge is -2.34. The minimum absolute atomic E-state index is 0.271. The first-order valence-corrected chi connectivity index (χ1v) is 7.90. The second-order valence-corrected chi connectivity index (χ2v) is 6.58. The second-order valence-electron chi connectivity index (χ2n) is 6.58. The van der Waals surface area contributed by atoms with Crippen molar-refractivity contribution in [1.82, 2.24) is 5.32 Å². The van der Waals surface area contributed by atoms with Gasteiger partial charge in [0.1, 0.15) is 18.5 Å². The zero-order valence-corrected chi connectivity index (χ0v) is 12.8. The largest absolute Gasteiger partial charge is 0.491 e. The molecule has 2 aliphatic rings. The summed E-state index contributed by atoms with van der Waals surface area (Å²) in [6, 6.07) is 5.48. The number of aliphatic carboxylic acids is 1. The molecule has 1 saturated carbocycles. The van der Waals surface area contributed by atoms with Crippen molar-refractivity contribution < 1.29 is 19.7 Å². The van der Waals surface area contributed by atoms with E-state index in [9.17, 15) is 15.0 Å². The Morgan fingerprint density at radius 1 is 1.41 bits per heavy atom. The Morgan fingerprint density at radius 2 is 2.14 bits per heavy atom. The molecule has 3 N–H and O–H groups in total. The summed E-state index contributed by atoms with van der Waals surface area (Å²) in [6.45, 7) is 2.72. The second kappa shape index (κ2) is 5.89. The van der Waals surface area contributed by atoms with Gasteiger partial charge in [0.2, 0.25) is 0 Å². The average Bonchev–Trinajstić information content (AvgIpc) is 2.97. The van der Waals surface area contributed by atoms with E-state index in [1.54, 1.807) is 0 Å². The maximum absolute atomic E-state index is 11.6. The highest BCUT2D eigenvalue weighted by atomic mass is 16.5. The van der Waals surface area contributed by atoms with E-state index >= 15 is 0 Å². The third-order valence-electron chi connectivity index (χ3n) is 5.00. The van der Waals surface area contributed by atoms with Crippen LogP contribution in [0.15, 0.2) is 18.2 Å². The quantitative estimate of drug-likeness (QED) is 0.793. The average molecular weight is 305 g/mol. The molecule has 1 aliphatic carbocycles. The van der Waals surface area contributed by atoms with Gasteiger partial charge in [-0.1, -0.05) is 25.0 Å².